The molecule has 3 atom stereocenters. The molecule has 1 N–H and O–H groups in total. The van der Waals surface area contributed by atoms with Crippen molar-refractivity contribution < 1.29 is 19.4 Å². The summed E-state index contributed by atoms with van der Waals surface area (Å²) in [5.41, 5.74) is 4.76. The maximum absolute atomic E-state index is 14.0. The van der Waals surface area contributed by atoms with Crippen LogP contribution in [0, 0.1) is 5.92 Å². The van der Waals surface area contributed by atoms with Gasteiger partial charge >= 0.3 is 0 Å². The smallest absolute Gasteiger partial charge is 0.254 e. The second-order valence-electron chi connectivity index (χ2n) is 11.3. The lowest BCUT2D eigenvalue weighted by Gasteiger charge is -2.35. The third-order valence-corrected chi connectivity index (χ3v) is 7.94. The third kappa shape index (κ3) is 7.08. The minimum absolute atomic E-state index is 0.0319. The van der Waals surface area contributed by atoms with Gasteiger partial charge in [-0.1, -0.05) is 79.7 Å². The number of para-hydroxylation sites is 1. The number of benzene rings is 4. The van der Waals surface area contributed by atoms with Crippen LogP contribution in [0.1, 0.15) is 35.3 Å². The number of carbonyl (C=O) groups is 1. The first kappa shape index (κ1) is 29.5. The van der Waals surface area contributed by atoms with Crippen molar-refractivity contribution in [2.24, 2.45) is 5.92 Å². The number of amides is 1. The van der Waals surface area contributed by atoms with E-state index in [9.17, 15) is 9.90 Å². The lowest BCUT2D eigenvalue weighted by Crippen LogP contribution is -2.47. The number of likely N-dealkylation sites (N-methyl/N-ethyl adjacent to an activating group) is 1. The number of hydrogen-bond acceptors (Lipinski definition) is 5. The Hall–Kier alpha value is -3.97. The molecular weight excluding hydrogens is 524 g/mol. The fourth-order valence-corrected chi connectivity index (χ4v) is 5.52. The Morgan fingerprint density at radius 2 is 1.50 bits per heavy atom. The Kier molecular flexibility index (Phi) is 9.70. The van der Waals surface area contributed by atoms with Crippen LogP contribution in [0.4, 0.5) is 0 Å². The number of rotatable bonds is 8. The number of aliphatic hydroxyl groups is 1. The molecule has 0 radical (unpaired) electrons. The van der Waals surface area contributed by atoms with E-state index in [-0.39, 0.29) is 30.6 Å². The quantitative estimate of drug-likeness (QED) is 0.260. The van der Waals surface area contributed by atoms with Gasteiger partial charge in [-0.25, -0.2) is 0 Å². The summed E-state index contributed by atoms with van der Waals surface area (Å²) in [6.07, 6.45) is -0.133. The van der Waals surface area contributed by atoms with Gasteiger partial charge in [0.1, 0.15) is 11.5 Å². The van der Waals surface area contributed by atoms with Crippen molar-refractivity contribution in [2.45, 2.75) is 39.1 Å². The molecule has 0 unspecified atom stereocenters. The van der Waals surface area contributed by atoms with E-state index in [0.717, 1.165) is 34.7 Å². The van der Waals surface area contributed by atoms with Gasteiger partial charge in [0.25, 0.3) is 5.91 Å². The summed E-state index contributed by atoms with van der Waals surface area (Å²) in [7, 11) is 2.10. The molecule has 6 heteroatoms. The highest BCUT2D eigenvalue weighted by Crippen LogP contribution is 2.31. The monoisotopic (exact) mass is 564 g/mol. The van der Waals surface area contributed by atoms with Crippen molar-refractivity contribution in [3.8, 4) is 22.6 Å². The number of nitrogens with zero attached hydrogens (tertiary/aromatic N) is 2. The lowest BCUT2D eigenvalue weighted by atomic mass is 9.94. The normalized spacial score (nSPS) is 18.1. The van der Waals surface area contributed by atoms with Crippen molar-refractivity contribution in [3.05, 3.63) is 120 Å². The van der Waals surface area contributed by atoms with E-state index in [1.54, 1.807) is 4.90 Å². The maximum Gasteiger partial charge on any atom is 0.254 e. The average Bonchev–Trinajstić information content (AvgIpc) is 3.03. The summed E-state index contributed by atoms with van der Waals surface area (Å²) in [5, 5.41) is 10.1. The second-order valence-corrected chi connectivity index (χ2v) is 11.3. The van der Waals surface area contributed by atoms with Crippen molar-refractivity contribution in [1.29, 1.82) is 0 Å². The van der Waals surface area contributed by atoms with Crippen LogP contribution in [-0.4, -0.2) is 59.7 Å². The summed E-state index contributed by atoms with van der Waals surface area (Å²) in [4.78, 5) is 18.1. The molecule has 1 heterocycles. The zero-order chi connectivity index (χ0) is 29.5. The largest absolute Gasteiger partial charge is 0.457 e. The first-order valence-corrected chi connectivity index (χ1v) is 14.6. The van der Waals surface area contributed by atoms with E-state index in [1.807, 2.05) is 85.8 Å². The molecule has 42 heavy (non-hydrogen) atoms. The van der Waals surface area contributed by atoms with Gasteiger partial charge in [-0.15, -0.1) is 0 Å². The summed E-state index contributed by atoms with van der Waals surface area (Å²) in [5.74, 6) is 1.58. The Morgan fingerprint density at radius 1 is 0.881 bits per heavy atom. The van der Waals surface area contributed by atoms with Gasteiger partial charge in [-0.2, -0.15) is 0 Å². The number of aliphatic hydroxyl groups excluding tert-OH is 1. The van der Waals surface area contributed by atoms with Crippen molar-refractivity contribution >= 4 is 5.91 Å². The number of fused-ring (bicyclic) bond motifs is 3. The summed E-state index contributed by atoms with van der Waals surface area (Å²) in [6.45, 7) is 6.29. The molecule has 0 aromatic heterocycles. The van der Waals surface area contributed by atoms with Gasteiger partial charge < -0.3 is 19.5 Å². The molecule has 4 aromatic rings. The third-order valence-electron chi connectivity index (χ3n) is 7.94. The van der Waals surface area contributed by atoms with Crippen LogP contribution in [0.25, 0.3) is 11.1 Å². The van der Waals surface area contributed by atoms with Crippen molar-refractivity contribution in [3.63, 3.8) is 0 Å². The van der Waals surface area contributed by atoms with Gasteiger partial charge in [-0.05, 0) is 66.6 Å². The zero-order valence-corrected chi connectivity index (χ0v) is 24.6. The van der Waals surface area contributed by atoms with E-state index in [2.05, 4.69) is 43.1 Å². The minimum atomic E-state index is -0.320. The first-order chi connectivity index (χ1) is 20.4. The highest BCUT2D eigenvalue weighted by molar-refractivity contribution is 6.01. The lowest BCUT2D eigenvalue weighted by molar-refractivity contribution is -0.0241. The molecule has 1 aliphatic rings. The summed E-state index contributed by atoms with van der Waals surface area (Å²) < 4.78 is 12.6. The second kappa shape index (κ2) is 13.8. The molecule has 0 saturated carbocycles. The predicted molar refractivity (Wildman–Crippen MR) is 166 cm³/mol. The molecule has 0 aliphatic carbocycles. The molecule has 1 amide bonds. The van der Waals surface area contributed by atoms with Crippen molar-refractivity contribution in [1.82, 2.24) is 9.80 Å². The maximum atomic E-state index is 14.0. The van der Waals surface area contributed by atoms with Crippen LogP contribution < -0.4 is 4.74 Å². The van der Waals surface area contributed by atoms with Crippen LogP contribution in [-0.2, 0) is 17.9 Å². The van der Waals surface area contributed by atoms with Gasteiger partial charge in [0.15, 0.2) is 0 Å². The number of carbonyl (C=O) groups excluding carboxylic acids is 1. The number of hydrogen-bond donors (Lipinski definition) is 1. The molecule has 0 spiro atoms. The highest BCUT2D eigenvalue weighted by Gasteiger charge is 2.30. The predicted octanol–water partition coefficient (Wildman–Crippen LogP) is 6.64. The van der Waals surface area contributed by atoms with Gasteiger partial charge in [-0.3, -0.25) is 9.69 Å². The van der Waals surface area contributed by atoms with Crippen LogP contribution in [0.3, 0.4) is 0 Å². The molecule has 4 aromatic carbocycles. The van der Waals surface area contributed by atoms with E-state index < -0.39 is 0 Å². The van der Waals surface area contributed by atoms with Crippen molar-refractivity contribution in [2.75, 3.05) is 26.7 Å². The Bertz CT molecular complexity index is 1460. The van der Waals surface area contributed by atoms with Gasteiger partial charge in [0.05, 0.1) is 25.4 Å². The molecule has 0 fully saturated rings. The first-order valence-electron chi connectivity index (χ1n) is 14.6. The van der Waals surface area contributed by atoms with E-state index in [1.165, 1.54) is 5.56 Å². The number of ether oxygens (including phenoxy) is 2. The molecule has 1 aliphatic heterocycles. The molecule has 218 valence electrons. The van der Waals surface area contributed by atoms with Crippen LogP contribution >= 0.6 is 0 Å². The van der Waals surface area contributed by atoms with Crippen LogP contribution in [0.2, 0.25) is 0 Å². The fraction of sp³-hybridized carbons (Fsp3) is 0.306. The topological polar surface area (TPSA) is 62.2 Å². The average molecular weight is 565 g/mol. The summed E-state index contributed by atoms with van der Waals surface area (Å²) >= 11 is 0. The molecule has 0 bridgehead atoms. The molecular formula is C36H40N2O4. The van der Waals surface area contributed by atoms with Crippen LogP contribution in [0.5, 0.6) is 11.5 Å². The van der Waals surface area contributed by atoms with Gasteiger partial charge in [0.2, 0.25) is 0 Å². The van der Waals surface area contributed by atoms with Gasteiger partial charge in [0, 0.05) is 31.1 Å². The SMILES string of the molecule is C[C@H](CO)N1C[C@H](C)[C@H](CN(C)Cc2ccc(Oc3ccccc3)cc2)OCc2ccccc2-c2ccccc2C1=O. The minimum Gasteiger partial charge on any atom is -0.457 e. The van der Waals surface area contributed by atoms with E-state index in [4.69, 9.17) is 9.47 Å². The summed E-state index contributed by atoms with van der Waals surface area (Å²) in [6, 6.07) is 33.5. The molecule has 0 saturated heterocycles. The fourth-order valence-electron chi connectivity index (χ4n) is 5.52. The van der Waals surface area contributed by atoms with E-state index >= 15 is 0 Å². The highest BCUT2D eigenvalue weighted by atomic mass is 16.5. The van der Waals surface area contributed by atoms with E-state index in [0.29, 0.717) is 25.3 Å². The standard InChI is InChI=1S/C36H40N2O4/c1-26-21-38(27(2)24-39)36(40)34-16-10-9-15-33(34)32-14-8-7-11-29(32)25-41-35(26)23-37(3)22-28-17-19-31(20-18-28)42-30-12-5-4-6-13-30/h4-20,26-27,35,39H,21-25H2,1-3H3/t26-,27+,35-/m0/s1. The Balaban J connectivity index is 1.35. The Labute approximate surface area is 249 Å². The Morgan fingerprint density at radius 3 is 2.21 bits per heavy atom. The molecule has 5 rings (SSSR count). The molecule has 6 nitrogen and oxygen atoms in total. The zero-order valence-electron chi connectivity index (χ0n) is 24.6. The van der Waals surface area contributed by atoms with Crippen LogP contribution in [0.15, 0.2) is 103 Å².